The predicted octanol–water partition coefficient (Wildman–Crippen LogP) is 9.22. The number of aromatic nitrogens is 4. The minimum Gasteiger partial charge on any atom is -0.431 e. The highest BCUT2D eigenvalue weighted by molar-refractivity contribution is 7.22. The third kappa shape index (κ3) is 4.96. The number of nitrogens with zero attached hydrogens (tertiary/aromatic N) is 4. The van der Waals surface area contributed by atoms with Crippen LogP contribution in [0.2, 0.25) is 0 Å². The lowest BCUT2D eigenvalue weighted by Crippen LogP contribution is -2.13. The summed E-state index contributed by atoms with van der Waals surface area (Å²) in [5, 5.41) is 1.47. The summed E-state index contributed by atoms with van der Waals surface area (Å²) in [6.45, 7) is 0. The Morgan fingerprint density at radius 2 is 0.808 bits per heavy atom. The van der Waals surface area contributed by atoms with Gasteiger partial charge >= 0.3 is 0 Å². The number of halogens is 10. The zero-order valence-electron chi connectivity index (χ0n) is 24.5. The zero-order valence-corrected chi connectivity index (χ0v) is 26.1. The third-order valence-corrected chi connectivity index (χ3v) is 9.56. The van der Waals surface area contributed by atoms with Crippen LogP contribution in [0, 0.1) is 58.2 Å². The van der Waals surface area contributed by atoms with Gasteiger partial charge in [0.1, 0.15) is 11.1 Å². The average molecular weight is 765 g/mol. The molecule has 0 N–H and O–H groups in total. The topological polar surface area (TPSA) is 112 Å². The zero-order chi connectivity index (χ0) is 36.9. The van der Waals surface area contributed by atoms with E-state index in [1.54, 1.807) is 24.3 Å². The number of thiazole rings is 2. The van der Waals surface area contributed by atoms with Gasteiger partial charge in [-0.05, 0) is 35.0 Å². The van der Waals surface area contributed by atoms with Crippen LogP contribution in [0.1, 0.15) is 32.2 Å². The summed E-state index contributed by atoms with van der Waals surface area (Å²) in [7, 11) is 0. The molecule has 0 spiro atoms. The molecule has 0 atom stereocenters. The van der Waals surface area contributed by atoms with E-state index < -0.39 is 92.4 Å². The predicted molar refractivity (Wildman–Crippen MR) is 161 cm³/mol. The van der Waals surface area contributed by atoms with E-state index in [0.29, 0.717) is 31.2 Å². The van der Waals surface area contributed by atoms with E-state index in [0.717, 1.165) is 35.1 Å². The number of hydrogen-bond acceptors (Lipinski definition) is 10. The Labute approximate surface area is 286 Å². The summed E-state index contributed by atoms with van der Waals surface area (Å²) >= 11 is 2.04. The van der Waals surface area contributed by atoms with E-state index in [9.17, 15) is 53.5 Å². The number of rotatable bonds is 6. The van der Waals surface area contributed by atoms with Crippen LogP contribution in [-0.2, 0) is 0 Å². The fraction of sp³-hybridized carbons (Fsp3) is 0. The Morgan fingerprint density at radius 1 is 0.481 bits per heavy atom. The molecule has 0 saturated heterocycles. The molecule has 0 bridgehead atoms. The Hall–Kier alpha value is -6.02. The van der Waals surface area contributed by atoms with E-state index in [1.165, 1.54) is 0 Å². The van der Waals surface area contributed by atoms with Gasteiger partial charge in [-0.3, -0.25) is 9.59 Å². The van der Waals surface area contributed by atoms with Crippen LogP contribution in [0.5, 0.6) is 0 Å². The molecule has 4 aromatic carbocycles. The van der Waals surface area contributed by atoms with Crippen molar-refractivity contribution in [3.8, 4) is 21.8 Å². The molecule has 0 aliphatic rings. The molecule has 8 rings (SSSR count). The molecule has 0 aliphatic heterocycles. The highest BCUT2D eigenvalue weighted by atomic mass is 32.1. The fourth-order valence-electron chi connectivity index (χ4n) is 5.09. The second kappa shape index (κ2) is 11.8. The minimum absolute atomic E-state index is 0.101. The van der Waals surface area contributed by atoms with Gasteiger partial charge in [-0.2, -0.15) is 0 Å². The molecule has 0 radical (unpaired) electrons. The number of carbonyl (C=O) groups excluding carboxylic acids is 2. The van der Waals surface area contributed by atoms with Crippen molar-refractivity contribution in [2.45, 2.75) is 0 Å². The number of hydrogen-bond donors (Lipinski definition) is 0. The number of benzene rings is 4. The lowest BCUT2D eigenvalue weighted by atomic mass is 10.1. The minimum atomic E-state index is -2.43. The summed E-state index contributed by atoms with van der Waals surface area (Å²) in [6.07, 6.45) is 1.50. The van der Waals surface area contributed by atoms with E-state index in [1.807, 2.05) is 0 Å². The summed E-state index contributed by atoms with van der Waals surface area (Å²) in [6, 6.07) is 6.75. The number of carbonyl (C=O) groups is 2. The van der Waals surface area contributed by atoms with E-state index in [2.05, 4.69) is 19.9 Å². The highest BCUT2D eigenvalue weighted by Gasteiger charge is 2.33. The van der Waals surface area contributed by atoms with Crippen molar-refractivity contribution < 1.29 is 62.3 Å². The summed E-state index contributed by atoms with van der Waals surface area (Å²) in [5.74, 6) is -28.9. The first kappa shape index (κ1) is 33.1. The van der Waals surface area contributed by atoms with Gasteiger partial charge in [-0.25, -0.2) is 63.8 Å². The van der Waals surface area contributed by atoms with Crippen LogP contribution in [-0.4, -0.2) is 31.5 Å². The van der Waals surface area contributed by atoms with Gasteiger partial charge in [0.2, 0.25) is 23.2 Å². The molecular formula is C32H6F10N4O4S2. The van der Waals surface area contributed by atoms with Crippen molar-refractivity contribution in [2.75, 3.05) is 0 Å². The van der Waals surface area contributed by atoms with Crippen LogP contribution in [0.25, 0.3) is 53.0 Å². The van der Waals surface area contributed by atoms with Gasteiger partial charge in [0, 0.05) is 0 Å². The van der Waals surface area contributed by atoms with Gasteiger partial charge < -0.3 is 8.83 Å². The van der Waals surface area contributed by atoms with Crippen molar-refractivity contribution in [3.63, 3.8) is 0 Å². The van der Waals surface area contributed by atoms with Crippen LogP contribution in [0.4, 0.5) is 43.9 Å². The monoisotopic (exact) mass is 764 g/mol. The molecule has 20 heteroatoms. The Morgan fingerprint density at radius 3 is 1.15 bits per heavy atom. The average Bonchev–Trinajstić information content (AvgIpc) is 3.95. The first-order valence-corrected chi connectivity index (χ1v) is 15.6. The molecule has 52 heavy (non-hydrogen) atoms. The molecular weight excluding hydrogens is 758 g/mol. The SMILES string of the molecule is O=C(c1cnc(-c2nc3cc4cc5sc(-c6ncc(C(=O)c7c(F)c(F)c(F)c(F)c7F)o6)nc5cc4cc3s2)o1)c1c(F)c(F)c(F)c(F)c1F. The number of fused-ring (bicyclic) bond motifs is 3. The fourth-order valence-corrected chi connectivity index (χ4v) is 6.95. The maximum atomic E-state index is 14.2. The molecule has 0 unspecified atom stereocenters. The normalized spacial score (nSPS) is 11.8. The molecule has 0 amide bonds. The molecule has 0 fully saturated rings. The van der Waals surface area contributed by atoms with Crippen LogP contribution >= 0.6 is 22.7 Å². The molecule has 4 aromatic heterocycles. The first-order valence-electron chi connectivity index (χ1n) is 13.9. The summed E-state index contributed by atoms with van der Waals surface area (Å²) < 4.78 is 150. The Kier molecular flexibility index (Phi) is 7.50. The van der Waals surface area contributed by atoms with Crippen LogP contribution in [0.3, 0.4) is 0 Å². The second-order valence-electron chi connectivity index (χ2n) is 10.6. The molecule has 0 aliphatic carbocycles. The van der Waals surface area contributed by atoms with Crippen molar-refractivity contribution in [1.82, 2.24) is 19.9 Å². The number of ketones is 2. The Bertz CT molecular complexity index is 2560. The molecule has 260 valence electrons. The van der Waals surface area contributed by atoms with E-state index in [4.69, 9.17) is 8.83 Å². The highest BCUT2D eigenvalue weighted by Crippen LogP contribution is 2.38. The Balaban J connectivity index is 1.09. The molecule has 8 aromatic rings. The van der Waals surface area contributed by atoms with Gasteiger partial charge in [-0.1, -0.05) is 0 Å². The largest absolute Gasteiger partial charge is 0.431 e. The second-order valence-corrected chi connectivity index (χ2v) is 12.7. The molecule has 8 nitrogen and oxygen atoms in total. The van der Waals surface area contributed by atoms with E-state index >= 15 is 0 Å². The lowest BCUT2D eigenvalue weighted by molar-refractivity contribution is 0.0991. The third-order valence-electron chi connectivity index (χ3n) is 7.55. The van der Waals surface area contributed by atoms with E-state index in [-0.39, 0.29) is 21.8 Å². The standard InChI is InChI=1S/C32H6F10N4O4S2/c33-17-15(18(34)22(38)25(41)21(17)37)27(47)11-5-43-29(49-11)31-45-9-1-7-3-14-10(2-8(7)4-13(9)51-31)46-32(52-14)30-44-6-12(50-30)28(48)16-19(35)23(39)26(42)24(40)20(16)36/h1-6H. The van der Waals surface area contributed by atoms with Gasteiger partial charge in [0.15, 0.2) is 68.1 Å². The summed E-state index contributed by atoms with van der Waals surface area (Å²) in [4.78, 5) is 41.8. The van der Waals surface area contributed by atoms with Crippen molar-refractivity contribution in [3.05, 3.63) is 117 Å². The van der Waals surface area contributed by atoms with Crippen molar-refractivity contribution >= 4 is 65.4 Å². The maximum absolute atomic E-state index is 14.2. The van der Waals surface area contributed by atoms with Crippen LogP contribution in [0.15, 0.2) is 45.5 Å². The van der Waals surface area contributed by atoms with Crippen molar-refractivity contribution in [1.29, 1.82) is 0 Å². The molecule has 0 saturated carbocycles. The molecule has 4 heterocycles. The van der Waals surface area contributed by atoms with Gasteiger partial charge in [-0.15, -0.1) is 22.7 Å². The smallest absolute Gasteiger partial charge is 0.256 e. The first-order chi connectivity index (χ1) is 24.7. The van der Waals surface area contributed by atoms with Gasteiger partial charge in [0.05, 0.1) is 32.8 Å². The summed E-state index contributed by atoms with van der Waals surface area (Å²) in [5.41, 5.74) is -2.61. The maximum Gasteiger partial charge on any atom is 0.256 e. The van der Waals surface area contributed by atoms with Crippen LogP contribution < -0.4 is 0 Å². The van der Waals surface area contributed by atoms with Gasteiger partial charge in [0.25, 0.3) is 11.8 Å². The number of oxazole rings is 2. The quantitative estimate of drug-likeness (QED) is 0.0714. The lowest BCUT2D eigenvalue weighted by Gasteiger charge is -2.05. The van der Waals surface area contributed by atoms with Crippen molar-refractivity contribution in [2.24, 2.45) is 0 Å².